The van der Waals surface area contributed by atoms with E-state index in [1.54, 1.807) is 4.68 Å². The van der Waals surface area contributed by atoms with E-state index in [0.29, 0.717) is 29.2 Å². The number of carbonyl (C=O) groups is 1. The van der Waals surface area contributed by atoms with Gasteiger partial charge < -0.3 is 0 Å². The molecule has 0 N–H and O–H groups in total. The summed E-state index contributed by atoms with van der Waals surface area (Å²) < 4.78 is 28.7. The number of fused-ring (bicyclic) bond motifs is 1. The van der Waals surface area contributed by atoms with E-state index in [2.05, 4.69) is 15.1 Å². The zero-order valence-electron chi connectivity index (χ0n) is 14.3. The quantitative estimate of drug-likeness (QED) is 0.707. The first-order chi connectivity index (χ1) is 12.4. The maximum absolute atomic E-state index is 13.6. The summed E-state index contributed by atoms with van der Waals surface area (Å²) in [6.45, 7) is 3.72. The number of aromatic nitrogens is 4. The Morgan fingerprint density at radius 1 is 1.00 bits per heavy atom. The summed E-state index contributed by atoms with van der Waals surface area (Å²) in [4.78, 5) is 21.3. The highest BCUT2D eigenvalue weighted by molar-refractivity contribution is 5.98. The van der Waals surface area contributed by atoms with Crippen molar-refractivity contribution in [2.45, 2.75) is 32.6 Å². The molecule has 0 amide bonds. The Hall–Kier alpha value is -2.96. The number of Topliss-reactive ketones (excluding diaryl/α,β-unsaturated/α-hetero) is 1. The van der Waals surface area contributed by atoms with Crippen LogP contribution in [0.25, 0.3) is 5.95 Å². The second-order valence-electron chi connectivity index (χ2n) is 6.60. The first-order valence-electron chi connectivity index (χ1n) is 8.29. The van der Waals surface area contributed by atoms with Crippen LogP contribution in [0.2, 0.25) is 0 Å². The minimum Gasteiger partial charge on any atom is -0.294 e. The topological polar surface area (TPSA) is 60.7 Å². The van der Waals surface area contributed by atoms with Gasteiger partial charge in [-0.3, -0.25) is 4.79 Å². The monoisotopic (exact) mass is 354 g/mol. The van der Waals surface area contributed by atoms with Gasteiger partial charge in [-0.15, -0.1) is 0 Å². The van der Waals surface area contributed by atoms with E-state index in [-0.39, 0.29) is 18.1 Å². The molecule has 26 heavy (non-hydrogen) atoms. The largest absolute Gasteiger partial charge is 0.294 e. The lowest BCUT2D eigenvalue weighted by atomic mass is 9.82. The molecular formula is C19H16F2N4O. The van der Waals surface area contributed by atoms with Crippen LogP contribution in [-0.2, 0) is 6.42 Å². The van der Waals surface area contributed by atoms with Gasteiger partial charge >= 0.3 is 0 Å². The SMILES string of the molecule is Cc1cc(C)nc(-n2ncc3c2C[C@@H](c2cc(F)cc(F)c2)CC3=O)n1. The Morgan fingerprint density at radius 3 is 2.31 bits per heavy atom. The third kappa shape index (κ3) is 2.89. The summed E-state index contributed by atoms with van der Waals surface area (Å²) in [6.07, 6.45) is 2.14. The van der Waals surface area contributed by atoms with Gasteiger partial charge in [0.05, 0.1) is 17.5 Å². The predicted molar refractivity (Wildman–Crippen MR) is 90.4 cm³/mol. The molecule has 7 heteroatoms. The van der Waals surface area contributed by atoms with Crippen molar-refractivity contribution in [1.82, 2.24) is 19.7 Å². The number of hydrogen-bond donors (Lipinski definition) is 0. The smallest absolute Gasteiger partial charge is 0.251 e. The van der Waals surface area contributed by atoms with Crippen LogP contribution < -0.4 is 0 Å². The van der Waals surface area contributed by atoms with Gasteiger partial charge in [-0.25, -0.2) is 23.4 Å². The van der Waals surface area contributed by atoms with Crippen molar-refractivity contribution < 1.29 is 13.6 Å². The molecule has 0 spiro atoms. The number of benzene rings is 1. The lowest BCUT2D eigenvalue weighted by molar-refractivity contribution is 0.0963. The van der Waals surface area contributed by atoms with Crippen LogP contribution in [0, 0.1) is 25.5 Å². The fourth-order valence-electron chi connectivity index (χ4n) is 3.46. The van der Waals surface area contributed by atoms with Crippen LogP contribution in [0.5, 0.6) is 0 Å². The fraction of sp³-hybridized carbons (Fsp3) is 0.263. The van der Waals surface area contributed by atoms with E-state index in [0.717, 1.165) is 17.5 Å². The van der Waals surface area contributed by atoms with E-state index >= 15 is 0 Å². The highest BCUT2D eigenvalue weighted by Gasteiger charge is 2.31. The molecule has 0 saturated carbocycles. The number of hydrogen-bond acceptors (Lipinski definition) is 4. The Kier molecular flexibility index (Phi) is 3.86. The second-order valence-corrected chi connectivity index (χ2v) is 6.60. The fourth-order valence-corrected chi connectivity index (χ4v) is 3.46. The minimum absolute atomic E-state index is 0.100. The summed E-state index contributed by atoms with van der Waals surface area (Å²) >= 11 is 0. The van der Waals surface area contributed by atoms with Gasteiger partial charge in [-0.05, 0) is 49.9 Å². The zero-order valence-corrected chi connectivity index (χ0v) is 14.3. The second kappa shape index (κ2) is 6.09. The highest BCUT2D eigenvalue weighted by atomic mass is 19.1. The molecule has 3 aromatic rings. The predicted octanol–water partition coefficient (Wildman–Crippen LogP) is 3.47. The lowest BCUT2D eigenvalue weighted by Crippen LogP contribution is -2.21. The summed E-state index contributed by atoms with van der Waals surface area (Å²) in [5.41, 5.74) is 3.24. The van der Waals surface area contributed by atoms with Gasteiger partial charge in [-0.1, -0.05) is 0 Å². The van der Waals surface area contributed by atoms with E-state index in [1.807, 2.05) is 19.9 Å². The van der Waals surface area contributed by atoms with Crippen LogP contribution in [0.4, 0.5) is 8.78 Å². The molecule has 5 nitrogen and oxygen atoms in total. The Morgan fingerprint density at radius 2 is 1.65 bits per heavy atom. The minimum atomic E-state index is -0.649. The van der Waals surface area contributed by atoms with Gasteiger partial charge in [0.1, 0.15) is 11.6 Å². The Bertz CT molecular complexity index is 988. The number of ketones is 1. The molecule has 2 heterocycles. The molecule has 2 aromatic heterocycles. The molecule has 0 bridgehead atoms. The number of nitrogens with zero attached hydrogens (tertiary/aromatic N) is 4. The molecule has 1 atom stereocenters. The molecule has 132 valence electrons. The normalized spacial score (nSPS) is 16.6. The van der Waals surface area contributed by atoms with Crippen LogP contribution in [0.1, 0.15) is 45.3 Å². The molecule has 0 fully saturated rings. The molecule has 0 saturated heterocycles. The average Bonchev–Trinajstić information content (AvgIpc) is 2.97. The van der Waals surface area contributed by atoms with E-state index in [1.165, 1.54) is 18.3 Å². The van der Waals surface area contributed by atoms with Gasteiger partial charge in [0.25, 0.3) is 5.95 Å². The standard InChI is InChI=1S/C19H16F2N4O/c1-10-3-11(2)24-19(23-10)25-17-6-13(7-18(26)16(17)9-22-25)12-4-14(20)8-15(21)5-12/h3-5,8-9,13H,6-7H2,1-2H3/t13-/m1/s1. The number of aryl methyl sites for hydroxylation is 2. The third-order valence-corrected chi connectivity index (χ3v) is 4.56. The van der Waals surface area contributed by atoms with Crippen molar-refractivity contribution in [3.8, 4) is 5.95 Å². The van der Waals surface area contributed by atoms with E-state index < -0.39 is 11.6 Å². The number of halogens is 2. The molecule has 4 rings (SSSR count). The molecule has 1 aromatic carbocycles. The Balaban J connectivity index is 1.78. The molecular weight excluding hydrogens is 338 g/mol. The van der Waals surface area contributed by atoms with Crippen molar-refractivity contribution in [2.24, 2.45) is 0 Å². The van der Waals surface area contributed by atoms with Gasteiger partial charge in [0.15, 0.2) is 5.78 Å². The Labute approximate surface area is 148 Å². The van der Waals surface area contributed by atoms with E-state index in [9.17, 15) is 13.6 Å². The van der Waals surface area contributed by atoms with Gasteiger partial charge in [0, 0.05) is 23.9 Å². The van der Waals surface area contributed by atoms with Crippen LogP contribution in [-0.4, -0.2) is 25.5 Å². The van der Waals surface area contributed by atoms with Crippen molar-refractivity contribution in [3.05, 3.63) is 70.3 Å². The third-order valence-electron chi connectivity index (χ3n) is 4.56. The lowest BCUT2D eigenvalue weighted by Gasteiger charge is -2.22. The van der Waals surface area contributed by atoms with E-state index in [4.69, 9.17) is 0 Å². The van der Waals surface area contributed by atoms with Crippen molar-refractivity contribution >= 4 is 5.78 Å². The molecule has 1 aliphatic rings. The van der Waals surface area contributed by atoms with Gasteiger partial charge in [0.2, 0.25) is 0 Å². The summed E-state index contributed by atoms with van der Waals surface area (Å²) in [5, 5.41) is 4.29. The molecule has 0 radical (unpaired) electrons. The first kappa shape index (κ1) is 16.5. The summed E-state index contributed by atoms with van der Waals surface area (Å²) in [5.74, 6) is -1.32. The first-order valence-corrected chi connectivity index (χ1v) is 8.29. The van der Waals surface area contributed by atoms with Crippen LogP contribution in [0.3, 0.4) is 0 Å². The summed E-state index contributed by atoms with van der Waals surface area (Å²) in [6, 6.07) is 5.23. The van der Waals surface area contributed by atoms with Crippen LogP contribution >= 0.6 is 0 Å². The van der Waals surface area contributed by atoms with Gasteiger partial charge in [-0.2, -0.15) is 5.10 Å². The van der Waals surface area contributed by atoms with Crippen molar-refractivity contribution in [1.29, 1.82) is 0 Å². The molecule has 0 aliphatic heterocycles. The van der Waals surface area contributed by atoms with Crippen molar-refractivity contribution in [3.63, 3.8) is 0 Å². The molecule has 0 unspecified atom stereocenters. The number of rotatable bonds is 2. The maximum Gasteiger partial charge on any atom is 0.251 e. The number of carbonyl (C=O) groups excluding carboxylic acids is 1. The van der Waals surface area contributed by atoms with Crippen molar-refractivity contribution in [2.75, 3.05) is 0 Å². The highest BCUT2D eigenvalue weighted by Crippen LogP contribution is 2.34. The molecule has 1 aliphatic carbocycles. The summed E-state index contributed by atoms with van der Waals surface area (Å²) in [7, 11) is 0. The zero-order chi connectivity index (χ0) is 18.4. The average molecular weight is 354 g/mol. The maximum atomic E-state index is 13.6. The van der Waals surface area contributed by atoms with Crippen LogP contribution in [0.15, 0.2) is 30.5 Å².